The van der Waals surface area contributed by atoms with Crippen LogP contribution in [0.2, 0.25) is 0 Å². The lowest BCUT2D eigenvalue weighted by molar-refractivity contribution is -0.132. The molecule has 0 radical (unpaired) electrons. The number of rotatable bonds is 4. The first-order valence-corrected chi connectivity index (χ1v) is 11.2. The molecule has 3 aromatic rings. The fraction of sp³-hybridized carbons (Fsp3) is 0.400. The number of hydrogen-bond donors (Lipinski definition) is 0. The average Bonchev–Trinajstić information content (AvgIpc) is 3.13. The molecule has 4 atom stereocenters. The van der Waals surface area contributed by atoms with Crippen molar-refractivity contribution in [2.75, 3.05) is 13.1 Å². The zero-order valence-corrected chi connectivity index (χ0v) is 17.5. The molecule has 7 heteroatoms. The third kappa shape index (κ3) is 2.98. The Morgan fingerprint density at radius 1 is 1.09 bits per heavy atom. The summed E-state index contributed by atoms with van der Waals surface area (Å²) in [5.41, 5.74) is 0.611. The molecule has 2 aliphatic carbocycles. The van der Waals surface area contributed by atoms with Crippen LogP contribution in [0.4, 0.5) is 8.78 Å². The number of carbonyl (C=O) groups excluding carboxylic acids is 1. The number of carbonyl (C=O) groups is 1. The average molecular weight is 435 g/mol. The molecule has 3 aliphatic rings. The summed E-state index contributed by atoms with van der Waals surface area (Å²) in [7, 11) is 0. The molecule has 0 unspecified atom stereocenters. The number of nitrogens with zero attached hydrogens (tertiary/aromatic N) is 3. The first-order chi connectivity index (χ1) is 15.6. The van der Waals surface area contributed by atoms with E-state index >= 15 is 0 Å². The molecule has 5 nitrogen and oxygen atoms in total. The third-order valence-corrected chi connectivity index (χ3v) is 7.54. The van der Waals surface area contributed by atoms with Crippen LogP contribution in [-0.2, 0) is 10.2 Å². The van der Waals surface area contributed by atoms with Crippen molar-refractivity contribution >= 4 is 5.91 Å². The molecule has 2 heterocycles. The van der Waals surface area contributed by atoms with Crippen LogP contribution >= 0.6 is 0 Å². The summed E-state index contributed by atoms with van der Waals surface area (Å²) in [6, 6.07) is 13.6. The molecule has 164 valence electrons. The van der Waals surface area contributed by atoms with Gasteiger partial charge in [-0.2, -0.15) is 4.98 Å². The lowest BCUT2D eigenvalue weighted by Gasteiger charge is -2.24. The monoisotopic (exact) mass is 435 g/mol. The predicted molar refractivity (Wildman–Crippen MR) is 113 cm³/mol. The lowest BCUT2D eigenvalue weighted by atomic mass is 9.80. The predicted octanol–water partition coefficient (Wildman–Crippen LogP) is 4.70. The van der Waals surface area contributed by atoms with Gasteiger partial charge in [0.1, 0.15) is 11.6 Å². The Balaban J connectivity index is 1.23. The van der Waals surface area contributed by atoms with E-state index in [2.05, 4.69) is 5.16 Å². The molecule has 0 bridgehead atoms. The number of halogens is 2. The normalized spacial score (nSPS) is 28.7. The summed E-state index contributed by atoms with van der Waals surface area (Å²) in [6.07, 6.45) is 3.45. The lowest BCUT2D eigenvalue weighted by Crippen LogP contribution is -2.35. The second-order valence-electron chi connectivity index (χ2n) is 9.34. The van der Waals surface area contributed by atoms with Crippen molar-refractivity contribution in [2.24, 2.45) is 11.8 Å². The van der Waals surface area contributed by atoms with E-state index in [9.17, 15) is 13.6 Å². The molecular formula is C25H23F2N3O2. The standard InChI is InChI=1S/C25H23F2N3O2/c26-19-9-4-10-20(27)21(19)17-12-18(17)23(31)30-13-16-8-5-11-25(16,14-30)24-28-22(29-32-24)15-6-2-1-3-7-15/h1-4,6-7,9-10,16-18H,5,8,11-14H2/t16-,17-,18-,25-/m1/s1. The van der Waals surface area contributed by atoms with E-state index in [0.29, 0.717) is 31.2 Å². The second kappa shape index (κ2) is 7.22. The molecule has 1 saturated heterocycles. The minimum Gasteiger partial charge on any atom is -0.341 e. The minimum absolute atomic E-state index is 0.0192. The topological polar surface area (TPSA) is 59.2 Å². The van der Waals surface area contributed by atoms with Crippen LogP contribution in [0.5, 0.6) is 0 Å². The Kier molecular flexibility index (Phi) is 4.42. The molecule has 1 aliphatic heterocycles. The van der Waals surface area contributed by atoms with Crippen LogP contribution in [0.15, 0.2) is 53.1 Å². The van der Waals surface area contributed by atoms with Gasteiger partial charge in [0, 0.05) is 36.1 Å². The van der Waals surface area contributed by atoms with Crippen molar-refractivity contribution in [3.8, 4) is 11.4 Å². The van der Waals surface area contributed by atoms with Gasteiger partial charge >= 0.3 is 0 Å². The highest BCUT2D eigenvalue weighted by atomic mass is 19.1. The maximum Gasteiger partial charge on any atom is 0.235 e. The Morgan fingerprint density at radius 3 is 2.66 bits per heavy atom. The van der Waals surface area contributed by atoms with Gasteiger partial charge in [0.25, 0.3) is 0 Å². The molecule has 2 saturated carbocycles. The van der Waals surface area contributed by atoms with Crippen molar-refractivity contribution in [3.05, 3.63) is 71.6 Å². The van der Waals surface area contributed by atoms with Crippen molar-refractivity contribution in [3.63, 3.8) is 0 Å². The molecule has 3 fully saturated rings. The Hall–Kier alpha value is -3.09. The zero-order chi connectivity index (χ0) is 21.9. The molecule has 32 heavy (non-hydrogen) atoms. The minimum atomic E-state index is -0.570. The SMILES string of the molecule is O=C([C@@H]1C[C@H]1c1c(F)cccc1F)N1C[C@H]2CCC[C@@]2(c2nc(-c3ccccc3)no2)C1. The van der Waals surface area contributed by atoms with Gasteiger partial charge in [-0.3, -0.25) is 4.79 Å². The zero-order valence-electron chi connectivity index (χ0n) is 17.5. The fourth-order valence-electron chi connectivity index (χ4n) is 5.82. The molecule has 0 spiro atoms. The molecular weight excluding hydrogens is 412 g/mol. The Bertz CT molecular complexity index is 1160. The van der Waals surface area contributed by atoms with Crippen LogP contribution < -0.4 is 0 Å². The quantitative estimate of drug-likeness (QED) is 0.596. The third-order valence-electron chi connectivity index (χ3n) is 7.54. The number of fused-ring (bicyclic) bond motifs is 1. The van der Waals surface area contributed by atoms with E-state index in [1.165, 1.54) is 18.2 Å². The van der Waals surface area contributed by atoms with Crippen LogP contribution in [0.1, 0.15) is 43.1 Å². The van der Waals surface area contributed by atoms with Gasteiger partial charge in [-0.25, -0.2) is 8.78 Å². The van der Waals surface area contributed by atoms with Crippen LogP contribution in [-0.4, -0.2) is 34.0 Å². The number of hydrogen-bond acceptors (Lipinski definition) is 4. The summed E-state index contributed by atoms with van der Waals surface area (Å²) >= 11 is 0. The van der Waals surface area contributed by atoms with Gasteiger partial charge in [-0.15, -0.1) is 0 Å². The number of amides is 1. The smallest absolute Gasteiger partial charge is 0.235 e. The van der Waals surface area contributed by atoms with Crippen LogP contribution in [0.3, 0.4) is 0 Å². The van der Waals surface area contributed by atoms with Gasteiger partial charge in [0.15, 0.2) is 0 Å². The van der Waals surface area contributed by atoms with Crippen LogP contribution in [0, 0.1) is 23.5 Å². The van der Waals surface area contributed by atoms with E-state index in [-0.39, 0.29) is 34.6 Å². The molecule has 0 N–H and O–H groups in total. The van der Waals surface area contributed by atoms with Gasteiger partial charge in [0.2, 0.25) is 17.6 Å². The van der Waals surface area contributed by atoms with Gasteiger partial charge in [-0.1, -0.05) is 48.0 Å². The van der Waals surface area contributed by atoms with E-state index in [0.717, 1.165) is 24.8 Å². The van der Waals surface area contributed by atoms with Crippen molar-refractivity contribution in [2.45, 2.75) is 37.0 Å². The molecule has 1 amide bonds. The maximum absolute atomic E-state index is 14.2. The number of aromatic nitrogens is 2. The summed E-state index contributed by atoms with van der Waals surface area (Å²) < 4.78 is 34.1. The van der Waals surface area contributed by atoms with E-state index in [1.807, 2.05) is 35.2 Å². The summed E-state index contributed by atoms with van der Waals surface area (Å²) in [6.45, 7) is 1.15. The van der Waals surface area contributed by atoms with E-state index in [1.54, 1.807) is 0 Å². The van der Waals surface area contributed by atoms with E-state index in [4.69, 9.17) is 9.51 Å². The maximum atomic E-state index is 14.2. The number of benzene rings is 2. The second-order valence-corrected chi connectivity index (χ2v) is 9.34. The van der Waals surface area contributed by atoms with Crippen molar-refractivity contribution in [1.82, 2.24) is 15.0 Å². The summed E-state index contributed by atoms with van der Waals surface area (Å²) in [5.74, 6) is -0.483. The van der Waals surface area contributed by atoms with Crippen molar-refractivity contribution in [1.29, 1.82) is 0 Å². The Labute approximate surface area is 184 Å². The Morgan fingerprint density at radius 2 is 1.88 bits per heavy atom. The van der Waals surface area contributed by atoms with Crippen LogP contribution in [0.25, 0.3) is 11.4 Å². The number of likely N-dealkylation sites (tertiary alicyclic amines) is 1. The molecule has 1 aromatic heterocycles. The summed E-state index contributed by atoms with van der Waals surface area (Å²) in [4.78, 5) is 19.8. The highest BCUT2D eigenvalue weighted by Crippen LogP contribution is 2.54. The van der Waals surface area contributed by atoms with E-state index < -0.39 is 11.6 Å². The molecule has 6 rings (SSSR count). The fourth-order valence-corrected chi connectivity index (χ4v) is 5.82. The highest BCUT2D eigenvalue weighted by Gasteiger charge is 2.58. The largest absolute Gasteiger partial charge is 0.341 e. The van der Waals surface area contributed by atoms with Gasteiger partial charge < -0.3 is 9.42 Å². The first-order valence-electron chi connectivity index (χ1n) is 11.2. The first kappa shape index (κ1) is 19.6. The van der Waals surface area contributed by atoms with Crippen molar-refractivity contribution < 1.29 is 18.1 Å². The summed E-state index contributed by atoms with van der Waals surface area (Å²) in [5, 5.41) is 4.20. The van der Waals surface area contributed by atoms with Gasteiger partial charge in [0.05, 0.1) is 5.41 Å². The molecule has 2 aromatic carbocycles. The highest BCUT2D eigenvalue weighted by molar-refractivity contribution is 5.83. The van der Waals surface area contributed by atoms with Gasteiger partial charge in [-0.05, 0) is 37.3 Å².